The van der Waals surface area contributed by atoms with Crippen LogP contribution in [0.25, 0.3) is 0 Å². The molecule has 0 heterocycles. The van der Waals surface area contributed by atoms with E-state index in [9.17, 15) is 9.59 Å². The van der Waals surface area contributed by atoms with Gasteiger partial charge >= 0.3 is 5.97 Å². The zero-order chi connectivity index (χ0) is 22.3. The quantitative estimate of drug-likeness (QED) is 0.510. The molecule has 0 aliphatic heterocycles. The van der Waals surface area contributed by atoms with Gasteiger partial charge in [-0.25, -0.2) is 0 Å². The lowest BCUT2D eigenvalue weighted by Crippen LogP contribution is -2.05. The van der Waals surface area contributed by atoms with Gasteiger partial charge in [-0.2, -0.15) is 0 Å². The van der Waals surface area contributed by atoms with Crippen LogP contribution in [-0.4, -0.2) is 62.7 Å². The Morgan fingerprint density at radius 1 is 0.615 bits per heavy atom. The Morgan fingerprint density at radius 2 is 0.846 bits per heavy atom. The number of ether oxygens (including phenoxy) is 1. The van der Waals surface area contributed by atoms with E-state index in [0.717, 1.165) is 27.7 Å². The summed E-state index contributed by atoms with van der Waals surface area (Å²) in [4.78, 5) is 56.9. The summed E-state index contributed by atoms with van der Waals surface area (Å²) in [5.74, 6) is -3.61. The third kappa shape index (κ3) is 334. The van der Waals surface area contributed by atoms with Gasteiger partial charge in [0.15, 0.2) is 0 Å². The normalized spacial score (nSPS) is 7.31. The molecule has 0 aromatic heterocycles. The van der Waals surface area contributed by atoms with E-state index >= 15 is 0 Å². The number of hydrogen-bond acceptors (Lipinski definition) is 7. The molecule has 0 amide bonds. The molecule has 11 nitrogen and oxygen atoms in total. The minimum absolute atomic E-state index is 0.0213. The highest BCUT2D eigenvalue weighted by Crippen LogP contribution is 1.92. The van der Waals surface area contributed by atoms with E-state index in [4.69, 9.17) is 39.6 Å². The maximum absolute atomic E-state index is 10.6. The lowest BCUT2D eigenvalue weighted by Gasteiger charge is -1.97. The fraction of sp³-hybridized carbons (Fsp3) is 0.600. The van der Waals surface area contributed by atoms with Crippen molar-refractivity contribution in [1.29, 1.82) is 0 Å². The Labute approximate surface area is 151 Å². The van der Waals surface area contributed by atoms with E-state index in [2.05, 4.69) is 4.74 Å². The summed E-state index contributed by atoms with van der Waals surface area (Å²) >= 11 is 0. The highest BCUT2D eigenvalue weighted by atomic mass is 16.5. The molecule has 0 saturated carbocycles. The topological polar surface area (TPSA) is 193 Å². The number of carboxylic acids is 4. The van der Waals surface area contributed by atoms with E-state index < -0.39 is 23.9 Å². The van der Waals surface area contributed by atoms with Gasteiger partial charge in [-0.1, -0.05) is 0 Å². The van der Waals surface area contributed by atoms with E-state index in [1.807, 2.05) is 0 Å². The predicted molar refractivity (Wildman–Crippen MR) is 89.8 cm³/mol. The SMILES string of the molecule is CC(=O)O.CC(=O)O.CC(=O)O.CC(=O)O.CCOC(=O)CCC(C)=O. The highest BCUT2D eigenvalue weighted by molar-refractivity contribution is 5.80. The summed E-state index contributed by atoms with van der Waals surface area (Å²) in [5.41, 5.74) is 0. The molecule has 0 aromatic carbocycles. The van der Waals surface area contributed by atoms with E-state index in [-0.39, 0.29) is 18.2 Å². The van der Waals surface area contributed by atoms with Crippen molar-refractivity contribution >= 4 is 35.6 Å². The summed E-state index contributed by atoms with van der Waals surface area (Å²) in [7, 11) is 0. The van der Waals surface area contributed by atoms with Crippen LogP contribution < -0.4 is 0 Å². The highest BCUT2D eigenvalue weighted by Gasteiger charge is 2.02. The number of Topliss-reactive ketones (excluding diaryl/α,β-unsaturated/α-hetero) is 1. The van der Waals surface area contributed by atoms with Crippen LogP contribution in [0.3, 0.4) is 0 Å². The van der Waals surface area contributed by atoms with Gasteiger partial charge in [0, 0.05) is 34.1 Å². The minimum atomic E-state index is -0.833. The van der Waals surface area contributed by atoms with Crippen LogP contribution >= 0.6 is 0 Å². The first kappa shape index (κ1) is 34.4. The van der Waals surface area contributed by atoms with Crippen LogP contribution in [0.1, 0.15) is 54.4 Å². The molecule has 154 valence electrons. The first-order valence-electron chi connectivity index (χ1n) is 7.03. The molecule has 0 atom stereocenters. The molecule has 0 aliphatic carbocycles. The molecule has 0 rings (SSSR count). The number of hydrogen-bond donors (Lipinski definition) is 4. The molecular formula is C15H28O11. The Morgan fingerprint density at radius 3 is 1.00 bits per heavy atom. The second-order valence-corrected chi connectivity index (χ2v) is 4.08. The number of carbonyl (C=O) groups excluding carboxylic acids is 2. The number of carboxylic acid groups (broad SMARTS) is 4. The molecule has 11 heteroatoms. The van der Waals surface area contributed by atoms with Crippen molar-refractivity contribution in [2.24, 2.45) is 0 Å². The molecule has 0 aliphatic rings. The van der Waals surface area contributed by atoms with Gasteiger partial charge in [-0.05, 0) is 13.8 Å². The third-order valence-electron chi connectivity index (χ3n) is 0.987. The molecular weight excluding hydrogens is 356 g/mol. The summed E-state index contributed by atoms with van der Waals surface area (Å²) < 4.78 is 4.60. The zero-order valence-corrected chi connectivity index (χ0v) is 15.8. The van der Waals surface area contributed by atoms with Gasteiger partial charge in [-0.15, -0.1) is 0 Å². The van der Waals surface area contributed by atoms with Crippen molar-refractivity contribution in [3.8, 4) is 0 Å². The molecule has 0 fully saturated rings. The lowest BCUT2D eigenvalue weighted by atomic mass is 10.2. The van der Waals surface area contributed by atoms with Crippen LogP contribution in [0, 0.1) is 0 Å². The maximum Gasteiger partial charge on any atom is 0.306 e. The molecule has 0 radical (unpaired) electrons. The number of ketones is 1. The molecule has 0 spiro atoms. The van der Waals surface area contributed by atoms with Gasteiger partial charge in [0.05, 0.1) is 13.0 Å². The summed E-state index contributed by atoms with van der Waals surface area (Å²) in [6, 6.07) is 0. The third-order valence-corrected chi connectivity index (χ3v) is 0.987. The fourth-order valence-corrected chi connectivity index (χ4v) is 0.511. The second kappa shape index (κ2) is 26.9. The first-order valence-corrected chi connectivity index (χ1v) is 7.03. The predicted octanol–water partition coefficient (Wildman–Crippen LogP) is 1.28. The van der Waals surface area contributed by atoms with E-state index in [1.54, 1.807) is 6.92 Å². The van der Waals surface area contributed by atoms with Crippen molar-refractivity contribution in [3.63, 3.8) is 0 Å². The smallest absolute Gasteiger partial charge is 0.306 e. The van der Waals surface area contributed by atoms with Crippen molar-refractivity contribution in [2.75, 3.05) is 6.61 Å². The van der Waals surface area contributed by atoms with Crippen molar-refractivity contribution in [2.45, 2.75) is 54.4 Å². The van der Waals surface area contributed by atoms with Crippen molar-refractivity contribution < 1.29 is 53.9 Å². The number of carbonyl (C=O) groups is 6. The summed E-state index contributed by atoms with van der Waals surface area (Å²) in [6.45, 7) is 7.92. The lowest BCUT2D eigenvalue weighted by molar-refractivity contribution is -0.144. The summed E-state index contributed by atoms with van der Waals surface area (Å²) in [5, 5.41) is 29.7. The van der Waals surface area contributed by atoms with Crippen LogP contribution in [-0.2, 0) is 33.5 Å². The molecule has 0 bridgehead atoms. The largest absolute Gasteiger partial charge is 0.481 e. The molecule has 4 N–H and O–H groups in total. The Hall–Kier alpha value is -2.98. The maximum atomic E-state index is 10.6. The van der Waals surface area contributed by atoms with Crippen molar-refractivity contribution in [3.05, 3.63) is 0 Å². The van der Waals surface area contributed by atoms with Crippen LogP contribution in [0.2, 0.25) is 0 Å². The number of aliphatic carboxylic acids is 4. The Bertz CT molecular complexity index is 363. The fourth-order valence-electron chi connectivity index (χ4n) is 0.511. The van der Waals surface area contributed by atoms with Gasteiger partial charge < -0.3 is 30.0 Å². The second-order valence-electron chi connectivity index (χ2n) is 4.08. The molecule has 26 heavy (non-hydrogen) atoms. The zero-order valence-electron chi connectivity index (χ0n) is 15.8. The van der Waals surface area contributed by atoms with Gasteiger partial charge in [0.2, 0.25) is 0 Å². The Kier molecular flexibility index (Phi) is 35.6. The van der Waals surface area contributed by atoms with Crippen LogP contribution in [0.5, 0.6) is 0 Å². The van der Waals surface area contributed by atoms with Gasteiger partial charge in [-0.3, -0.25) is 24.0 Å². The summed E-state index contributed by atoms with van der Waals surface area (Å²) in [6.07, 6.45) is 0.502. The number of rotatable bonds is 4. The standard InChI is InChI=1S/C7H12O3.4C2H4O2/c1-3-10-7(9)5-4-6(2)8;4*1-2(3)4/h3-5H2,1-2H3;4*1H3,(H,3,4). The monoisotopic (exact) mass is 384 g/mol. The molecule has 0 aromatic rings. The molecule has 0 unspecified atom stereocenters. The van der Waals surface area contributed by atoms with Crippen LogP contribution in [0.4, 0.5) is 0 Å². The van der Waals surface area contributed by atoms with Gasteiger partial charge in [0.1, 0.15) is 5.78 Å². The first-order chi connectivity index (χ1) is 11.6. The average Bonchev–Trinajstić information content (AvgIpc) is 2.33. The number of esters is 1. The Balaban J connectivity index is -0.0000000776. The van der Waals surface area contributed by atoms with Gasteiger partial charge in [0.25, 0.3) is 23.9 Å². The minimum Gasteiger partial charge on any atom is -0.481 e. The molecule has 0 saturated heterocycles. The van der Waals surface area contributed by atoms with E-state index in [1.165, 1.54) is 6.92 Å². The van der Waals surface area contributed by atoms with Crippen molar-refractivity contribution in [1.82, 2.24) is 0 Å². The average molecular weight is 384 g/mol. The van der Waals surface area contributed by atoms with Crippen LogP contribution in [0.15, 0.2) is 0 Å². The van der Waals surface area contributed by atoms with E-state index in [0.29, 0.717) is 13.0 Å².